The van der Waals surface area contributed by atoms with Gasteiger partial charge in [0.15, 0.2) is 0 Å². The smallest absolute Gasteiger partial charge is 0.416 e. The van der Waals surface area contributed by atoms with Crippen molar-refractivity contribution in [1.29, 1.82) is 0 Å². The number of rotatable bonds is 2. The third-order valence-corrected chi connectivity index (χ3v) is 2.48. The number of nitrogens with one attached hydrogen (secondary N) is 1. The highest BCUT2D eigenvalue weighted by Gasteiger charge is 2.29. The van der Waals surface area contributed by atoms with E-state index in [1.807, 2.05) is 0 Å². The summed E-state index contributed by atoms with van der Waals surface area (Å²) in [4.78, 5) is 24.2. The molecule has 86 valence electrons. The summed E-state index contributed by atoms with van der Waals surface area (Å²) in [7, 11) is 0. The normalized spacial score (nSPS) is 17.2. The first-order valence-corrected chi connectivity index (χ1v) is 5.34. The van der Waals surface area contributed by atoms with Crippen molar-refractivity contribution in [3.63, 3.8) is 0 Å². The maximum absolute atomic E-state index is 11.5. The molecule has 1 heterocycles. The fraction of sp³-hybridized carbons (Fsp3) is 0.800. The fourth-order valence-corrected chi connectivity index (χ4v) is 1.79. The van der Waals surface area contributed by atoms with Crippen LogP contribution in [0.25, 0.3) is 0 Å². The first kappa shape index (κ1) is 12.0. The Bertz CT molecular complexity index is 237. The van der Waals surface area contributed by atoms with Crippen molar-refractivity contribution in [3.8, 4) is 0 Å². The second kappa shape index (κ2) is 5.70. The molecule has 0 bridgehead atoms. The number of hydrogen-bond donors (Lipinski definition) is 1. The molecule has 0 radical (unpaired) electrons. The third-order valence-electron chi connectivity index (χ3n) is 2.48. The van der Waals surface area contributed by atoms with Gasteiger partial charge in [0.25, 0.3) is 0 Å². The molecule has 0 saturated carbocycles. The van der Waals surface area contributed by atoms with Gasteiger partial charge in [0, 0.05) is 13.0 Å². The number of carbonyl (C=O) groups is 2. The summed E-state index contributed by atoms with van der Waals surface area (Å²) in [5.74, 6) is -0.236. The number of carbonyl (C=O) groups excluding carboxylic acids is 2. The van der Waals surface area contributed by atoms with E-state index in [2.05, 4.69) is 5.32 Å². The Morgan fingerprint density at radius 3 is 2.47 bits per heavy atom. The van der Waals surface area contributed by atoms with Gasteiger partial charge in [0.2, 0.25) is 5.91 Å². The summed E-state index contributed by atoms with van der Waals surface area (Å²) in [6, 6.07) is -0.0113. The van der Waals surface area contributed by atoms with Crippen LogP contribution in [0.4, 0.5) is 4.79 Å². The Labute approximate surface area is 89.8 Å². The first-order chi connectivity index (χ1) is 7.16. The number of imide groups is 1. The van der Waals surface area contributed by atoms with E-state index in [4.69, 9.17) is 4.74 Å². The zero-order valence-corrected chi connectivity index (χ0v) is 9.28. The van der Waals surface area contributed by atoms with Gasteiger partial charge in [-0.3, -0.25) is 4.79 Å². The van der Waals surface area contributed by atoms with Gasteiger partial charge >= 0.3 is 6.09 Å². The molecule has 1 rings (SSSR count). The summed E-state index contributed by atoms with van der Waals surface area (Å²) in [6.07, 6.45) is 1.09. The lowest BCUT2D eigenvalue weighted by atomic mass is 10.1. The lowest BCUT2D eigenvalue weighted by Gasteiger charge is -2.31. The SMILES string of the molecule is CCOC(=O)N(C(C)=O)C1CCNCC1. The molecule has 1 aliphatic heterocycles. The van der Waals surface area contributed by atoms with Crippen molar-refractivity contribution in [2.75, 3.05) is 19.7 Å². The van der Waals surface area contributed by atoms with Crippen molar-refractivity contribution in [3.05, 3.63) is 0 Å². The van der Waals surface area contributed by atoms with E-state index < -0.39 is 6.09 Å². The van der Waals surface area contributed by atoms with Crippen LogP contribution in [0.5, 0.6) is 0 Å². The predicted octanol–water partition coefficient (Wildman–Crippen LogP) is 0.743. The summed E-state index contributed by atoms with van der Waals surface area (Å²) in [5, 5.41) is 3.19. The van der Waals surface area contributed by atoms with E-state index in [9.17, 15) is 9.59 Å². The molecular formula is C10H18N2O3. The van der Waals surface area contributed by atoms with Crippen molar-refractivity contribution in [2.45, 2.75) is 32.7 Å². The highest BCUT2D eigenvalue weighted by Crippen LogP contribution is 2.13. The zero-order chi connectivity index (χ0) is 11.3. The largest absolute Gasteiger partial charge is 0.449 e. The average Bonchev–Trinajstić information content (AvgIpc) is 2.19. The molecule has 5 heteroatoms. The molecule has 1 fully saturated rings. The van der Waals surface area contributed by atoms with Gasteiger partial charge in [-0.2, -0.15) is 0 Å². The Kier molecular flexibility index (Phi) is 4.55. The van der Waals surface area contributed by atoms with Gasteiger partial charge in [-0.25, -0.2) is 9.69 Å². The molecule has 1 N–H and O–H groups in total. The Morgan fingerprint density at radius 2 is 2.00 bits per heavy atom. The molecule has 1 aliphatic rings. The summed E-state index contributed by atoms with van der Waals surface area (Å²) in [6.45, 7) is 5.12. The minimum absolute atomic E-state index is 0.0113. The zero-order valence-electron chi connectivity index (χ0n) is 9.28. The van der Waals surface area contributed by atoms with Gasteiger partial charge in [-0.1, -0.05) is 0 Å². The second-order valence-electron chi connectivity index (χ2n) is 3.57. The lowest BCUT2D eigenvalue weighted by molar-refractivity contribution is -0.129. The molecule has 0 atom stereocenters. The van der Waals surface area contributed by atoms with Crippen LogP contribution in [0.15, 0.2) is 0 Å². The second-order valence-corrected chi connectivity index (χ2v) is 3.57. The highest BCUT2D eigenvalue weighted by atomic mass is 16.6. The van der Waals surface area contributed by atoms with Gasteiger partial charge < -0.3 is 10.1 Å². The molecule has 0 aromatic rings. The summed E-state index contributed by atoms with van der Waals surface area (Å²) >= 11 is 0. The van der Waals surface area contributed by atoms with Gasteiger partial charge in [0.05, 0.1) is 6.61 Å². The topological polar surface area (TPSA) is 58.6 Å². The number of hydrogen-bond acceptors (Lipinski definition) is 4. The summed E-state index contributed by atoms with van der Waals surface area (Å²) < 4.78 is 4.86. The van der Waals surface area contributed by atoms with E-state index in [0.717, 1.165) is 25.9 Å². The summed E-state index contributed by atoms with van der Waals surface area (Å²) in [5.41, 5.74) is 0. The van der Waals surface area contributed by atoms with Crippen LogP contribution in [0.3, 0.4) is 0 Å². The van der Waals surface area contributed by atoms with Crippen LogP contribution in [0.1, 0.15) is 26.7 Å². The predicted molar refractivity (Wildman–Crippen MR) is 55.4 cm³/mol. The van der Waals surface area contributed by atoms with E-state index >= 15 is 0 Å². The van der Waals surface area contributed by atoms with Crippen molar-refractivity contribution in [1.82, 2.24) is 10.2 Å². The molecule has 1 saturated heterocycles. The molecule has 5 nitrogen and oxygen atoms in total. The molecule has 0 spiro atoms. The molecule has 0 aliphatic carbocycles. The standard InChI is InChI=1S/C10H18N2O3/c1-3-15-10(14)12(8(2)13)9-4-6-11-7-5-9/h9,11H,3-7H2,1-2H3. The van der Waals surface area contributed by atoms with Crippen LogP contribution in [0, 0.1) is 0 Å². The minimum atomic E-state index is -0.517. The van der Waals surface area contributed by atoms with Crippen LogP contribution in [0.2, 0.25) is 0 Å². The van der Waals surface area contributed by atoms with Gasteiger partial charge in [0.1, 0.15) is 0 Å². The van der Waals surface area contributed by atoms with E-state index in [0.29, 0.717) is 6.61 Å². The first-order valence-electron chi connectivity index (χ1n) is 5.34. The van der Waals surface area contributed by atoms with Gasteiger partial charge in [-0.05, 0) is 32.9 Å². The monoisotopic (exact) mass is 214 g/mol. The minimum Gasteiger partial charge on any atom is -0.449 e. The maximum atomic E-state index is 11.5. The Morgan fingerprint density at radius 1 is 1.40 bits per heavy atom. The molecular weight excluding hydrogens is 196 g/mol. The quantitative estimate of drug-likeness (QED) is 0.736. The number of amides is 2. The molecule has 15 heavy (non-hydrogen) atoms. The Hall–Kier alpha value is -1.10. The molecule has 2 amide bonds. The van der Waals surface area contributed by atoms with Crippen molar-refractivity contribution >= 4 is 12.0 Å². The van der Waals surface area contributed by atoms with E-state index in [-0.39, 0.29) is 11.9 Å². The van der Waals surface area contributed by atoms with Crippen LogP contribution < -0.4 is 5.32 Å². The molecule has 0 aromatic carbocycles. The maximum Gasteiger partial charge on any atom is 0.416 e. The van der Waals surface area contributed by atoms with E-state index in [1.165, 1.54) is 11.8 Å². The van der Waals surface area contributed by atoms with Gasteiger partial charge in [-0.15, -0.1) is 0 Å². The van der Waals surface area contributed by atoms with Crippen molar-refractivity contribution in [2.24, 2.45) is 0 Å². The average molecular weight is 214 g/mol. The molecule has 0 aromatic heterocycles. The highest BCUT2D eigenvalue weighted by molar-refractivity contribution is 5.90. The van der Waals surface area contributed by atoms with Crippen molar-refractivity contribution < 1.29 is 14.3 Å². The Balaban J connectivity index is 2.63. The number of piperidine rings is 1. The molecule has 0 unspecified atom stereocenters. The van der Waals surface area contributed by atoms with Crippen LogP contribution in [-0.2, 0) is 9.53 Å². The third kappa shape index (κ3) is 3.20. The van der Waals surface area contributed by atoms with E-state index in [1.54, 1.807) is 6.92 Å². The lowest BCUT2D eigenvalue weighted by Crippen LogP contribution is -2.48. The number of nitrogens with zero attached hydrogens (tertiary/aromatic N) is 1. The fourth-order valence-electron chi connectivity index (χ4n) is 1.79. The van der Waals surface area contributed by atoms with Crippen LogP contribution in [-0.4, -0.2) is 42.6 Å². The number of ether oxygens (including phenoxy) is 1. The van der Waals surface area contributed by atoms with Crippen LogP contribution >= 0.6 is 0 Å².